The van der Waals surface area contributed by atoms with Crippen LogP contribution < -0.4 is 9.64 Å². The lowest BCUT2D eigenvalue weighted by Gasteiger charge is -2.24. The van der Waals surface area contributed by atoms with Crippen LogP contribution in [-0.4, -0.2) is 30.3 Å². The Morgan fingerprint density at radius 3 is 2.68 bits per heavy atom. The molecule has 4 nitrogen and oxygen atoms in total. The minimum atomic E-state index is -0.725. The molecule has 1 fully saturated rings. The van der Waals surface area contributed by atoms with Crippen LogP contribution in [0.2, 0.25) is 0 Å². The predicted octanol–water partition coefficient (Wildman–Crippen LogP) is 2.77. The van der Waals surface area contributed by atoms with Gasteiger partial charge in [-0.1, -0.05) is 12.1 Å². The van der Waals surface area contributed by atoms with Crippen molar-refractivity contribution in [1.29, 1.82) is 0 Å². The van der Waals surface area contributed by atoms with Gasteiger partial charge < -0.3 is 14.7 Å². The molecule has 0 aliphatic carbocycles. The fourth-order valence-corrected chi connectivity index (χ4v) is 2.41. The van der Waals surface area contributed by atoms with Gasteiger partial charge in [0, 0.05) is 13.1 Å². The van der Waals surface area contributed by atoms with E-state index in [4.69, 9.17) is 4.74 Å². The molecule has 0 radical (unpaired) electrons. The fourth-order valence-electron chi connectivity index (χ4n) is 2.41. The molecule has 1 aromatic carbocycles. The zero-order valence-electron chi connectivity index (χ0n) is 11.7. The number of rotatable bonds is 4. The predicted molar refractivity (Wildman–Crippen MR) is 74.8 cm³/mol. The Hall–Kier alpha value is -1.71. The van der Waals surface area contributed by atoms with Crippen LogP contribution >= 0.6 is 0 Å². The van der Waals surface area contributed by atoms with Crippen molar-refractivity contribution in [3.05, 3.63) is 24.3 Å². The van der Waals surface area contributed by atoms with Gasteiger partial charge in [-0.25, -0.2) is 0 Å². The lowest BCUT2D eigenvalue weighted by atomic mass is 9.90. The molecule has 1 aromatic rings. The van der Waals surface area contributed by atoms with Crippen LogP contribution in [0.4, 0.5) is 5.69 Å². The average molecular weight is 263 g/mol. The summed E-state index contributed by atoms with van der Waals surface area (Å²) in [5.41, 5.74) is 0.325. The molecule has 0 amide bonds. The summed E-state index contributed by atoms with van der Waals surface area (Å²) in [4.78, 5) is 13.4. The second kappa shape index (κ2) is 5.11. The number of ether oxygens (including phenoxy) is 1. The number of carboxylic acid groups (broad SMARTS) is 1. The van der Waals surface area contributed by atoms with Crippen LogP contribution in [0.5, 0.6) is 5.75 Å². The molecular weight excluding hydrogens is 242 g/mol. The molecule has 0 spiro atoms. The molecule has 104 valence electrons. The molecule has 4 heteroatoms. The van der Waals surface area contributed by atoms with Gasteiger partial charge in [0.1, 0.15) is 5.75 Å². The molecule has 1 N–H and O–H groups in total. The van der Waals surface area contributed by atoms with Crippen LogP contribution in [0.15, 0.2) is 24.3 Å². The highest BCUT2D eigenvalue weighted by Gasteiger charge is 2.41. The number of hydrogen-bond acceptors (Lipinski definition) is 3. The maximum atomic E-state index is 11.3. The van der Waals surface area contributed by atoms with E-state index in [1.54, 1.807) is 6.92 Å². The summed E-state index contributed by atoms with van der Waals surface area (Å²) in [6.45, 7) is 7.06. The number of para-hydroxylation sites is 2. The molecule has 0 aromatic heterocycles. The van der Waals surface area contributed by atoms with Gasteiger partial charge in [-0.2, -0.15) is 0 Å². The Morgan fingerprint density at radius 1 is 1.42 bits per heavy atom. The molecule has 1 saturated heterocycles. The van der Waals surface area contributed by atoms with Gasteiger partial charge in [0.25, 0.3) is 0 Å². The van der Waals surface area contributed by atoms with Crippen LogP contribution in [0.3, 0.4) is 0 Å². The third-order valence-electron chi connectivity index (χ3n) is 3.56. The Kier molecular flexibility index (Phi) is 3.69. The van der Waals surface area contributed by atoms with Crippen molar-refractivity contribution in [2.45, 2.75) is 33.3 Å². The molecule has 0 bridgehead atoms. The van der Waals surface area contributed by atoms with Gasteiger partial charge in [-0.3, -0.25) is 4.79 Å². The Bertz CT molecular complexity index is 472. The van der Waals surface area contributed by atoms with E-state index in [1.165, 1.54) is 0 Å². The molecule has 0 saturated carbocycles. The van der Waals surface area contributed by atoms with Crippen LogP contribution in [-0.2, 0) is 4.79 Å². The van der Waals surface area contributed by atoms with Crippen molar-refractivity contribution in [3.8, 4) is 5.75 Å². The van der Waals surface area contributed by atoms with Crippen molar-refractivity contribution in [2.75, 3.05) is 18.0 Å². The Labute approximate surface area is 114 Å². The Morgan fingerprint density at radius 2 is 2.11 bits per heavy atom. The summed E-state index contributed by atoms with van der Waals surface area (Å²) in [5, 5.41) is 9.29. The largest absolute Gasteiger partial charge is 0.489 e. The number of carbonyl (C=O) groups is 1. The summed E-state index contributed by atoms with van der Waals surface area (Å²) in [5.74, 6) is 0.101. The number of nitrogens with zero attached hydrogens (tertiary/aromatic N) is 1. The molecular formula is C15H21NO3. The number of carboxylic acids is 1. The lowest BCUT2D eigenvalue weighted by molar-refractivity contribution is -0.146. The second-order valence-corrected chi connectivity index (χ2v) is 5.67. The monoisotopic (exact) mass is 263 g/mol. The quantitative estimate of drug-likeness (QED) is 0.907. The van der Waals surface area contributed by atoms with Crippen LogP contribution in [0.1, 0.15) is 27.2 Å². The molecule has 1 aliphatic rings. The standard InChI is InChI=1S/C15H21NO3/c1-11(2)19-13-7-5-4-6-12(13)16-9-8-15(3,10-16)14(17)18/h4-7,11H,8-10H2,1-3H3,(H,17,18). The maximum absolute atomic E-state index is 11.3. The van der Waals surface area contributed by atoms with Gasteiger partial charge in [-0.15, -0.1) is 0 Å². The molecule has 1 unspecified atom stereocenters. The van der Waals surface area contributed by atoms with E-state index in [9.17, 15) is 9.90 Å². The smallest absolute Gasteiger partial charge is 0.311 e. The first-order chi connectivity index (χ1) is 8.92. The average Bonchev–Trinajstić information content (AvgIpc) is 2.73. The van der Waals surface area contributed by atoms with Crippen molar-refractivity contribution in [2.24, 2.45) is 5.41 Å². The van der Waals surface area contributed by atoms with Gasteiger partial charge in [0.2, 0.25) is 0 Å². The van der Waals surface area contributed by atoms with E-state index >= 15 is 0 Å². The van der Waals surface area contributed by atoms with E-state index in [1.807, 2.05) is 38.1 Å². The SMILES string of the molecule is CC(C)Oc1ccccc1N1CCC(C)(C(=O)O)C1. The van der Waals surface area contributed by atoms with Gasteiger partial charge in [0.05, 0.1) is 17.2 Å². The summed E-state index contributed by atoms with van der Waals surface area (Å²) < 4.78 is 5.80. The summed E-state index contributed by atoms with van der Waals surface area (Å²) in [6.07, 6.45) is 0.771. The highest BCUT2D eigenvalue weighted by molar-refractivity contribution is 5.76. The molecule has 2 rings (SSSR count). The third-order valence-corrected chi connectivity index (χ3v) is 3.56. The maximum Gasteiger partial charge on any atom is 0.311 e. The summed E-state index contributed by atoms with van der Waals surface area (Å²) >= 11 is 0. The molecule has 1 atom stereocenters. The van der Waals surface area contributed by atoms with E-state index < -0.39 is 11.4 Å². The fraction of sp³-hybridized carbons (Fsp3) is 0.533. The van der Waals surface area contributed by atoms with E-state index in [0.29, 0.717) is 13.0 Å². The van der Waals surface area contributed by atoms with Gasteiger partial charge >= 0.3 is 5.97 Å². The third kappa shape index (κ3) is 2.83. The Balaban J connectivity index is 2.22. The van der Waals surface area contributed by atoms with Crippen molar-refractivity contribution < 1.29 is 14.6 Å². The second-order valence-electron chi connectivity index (χ2n) is 5.67. The molecule has 1 heterocycles. The van der Waals surface area contributed by atoms with E-state index in [-0.39, 0.29) is 6.10 Å². The van der Waals surface area contributed by atoms with Crippen LogP contribution in [0.25, 0.3) is 0 Å². The van der Waals surface area contributed by atoms with Crippen molar-refractivity contribution in [1.82, 2.24) is 0 Å². The summed E-state index contributed by atoms with van der Waals surface area (Å²) in [6, 6.07) is 7.82. The number of aliphatic carboxylic acids is 1. The van der Waals surface area contributed by atoms with Gasteiger partial charge in [-0.05, 0) is 39.3 Å². The first-order valence-corrected chi connectivity index (χ1v) is 6.66. The minimum absolute atomic E-state index is 0.106. The summed E-state index contributed by atoms with van der Waals surface area (Å²) in [7, 11) is 0. The number of hydrogen-bond donors (Lipinski definition) is 1. The minimum Gasteiger partial charge on any atom is -0.489 e. The lowest BCUT2D eigenvalue weighted by Crippen LogP contribution is -2.31. The zero-order chi connectivity index (χ0) is 14.0. The first-order valence-electron chi connectivity index (χ1n) is 6.66. The highest BCUT2D eigenvalue weighted by atomic mass is 16.5. The highest BCUT2D eigenvalue weighted by Crippen LogP contribution is 2.37. The normalized spacial score (nSPS) is 22.8. The van der Waals surface area contributed by atoms with Crippen LogP contribution in [0, 0.1) is 5.41 Å². The van der Waals surface area contributed by atoms with E-state index in [2.05, 4.69) is 4.90 Å². The first kappa shape index (κ1) is 13.7. The number of benzene rings is 1. The van der Waals surface area contributed by atoms with Crippen molar-refractivity contribution in [3.63, 3.8) is 0 Å². The van der Waals surface area contributed by atoms with E-state index in [0.717, 1.165) is 18.0 Å². The molecule has 1 aliphatic heterocycles. The topological polar surface area (TPSA) is 49.8 Å². The van der Waals surface area contributed by atoms with Gasteiger partial charge in [0.15, 0.2) is 0 Å². The zero-order valence-corrected chi connectivity index (χ0v) is 11.7. The van der Waals surface area contributed by atoms with Crippen molar-refractivity contribution >= 4 is 11.7 Å². The molecule has 19 heavy (non-hydrogen) atoms. The number of anilines is 1.